The summed E-state index contributed by atoms with van der Waals surface area (Å²) >= 11 is 11.7. The molecule has 0 aliphatic rings. The van der Waals surface area contributed by atoms with Crippen LogP contribution in [0.15, 0.2) is 36.5 Å². The normalized spacial score (nSPS) is 10.0. The second-order valence-electron chi connectivity index (χ2n) is 3.98. The van der Waals surface area contributed by atoms with Crippen LogP contribution in [-0.2, 0) is 4.74 Å². The number of carbonyl (C=O) groups is 2. The van der Waals surface area contributed by atoms with E-state index in [0.717, 1.165) is 0 Å². The highest BCUT2D eigenvalue weighted by atomic mass is 35.5. The zero-order valence-corrected chi connectivity index (χ0v) is 12.4. The predicted molar refractivity (Wildman–Crippen MR) is 80.0 cm³/mol. The Morgan fingerprint density at radius 3 is 2.62 bits per heavy atom. The van der Waals surface area contributed by atoms with Gasteiger partial charge in [0.1, 0.15) is 5.15 Å². The van der Waals surface area contributed by atoms with E-state index in [1.807, 2.05) is 0 Å². The van der Waals surface area contributed by atoms with Gasteiger partial charge in [-0.05, 0) is 30.3 Å². The van der Waals surface area contributed by atoms with E-state index in [1.54, 1.807) is 6.07 Å². The van der Waals surface area contributed by atoms with E-state index in [4.69, 9.17) is 23.2 Å². The van der Waals surface area contributed by atoms with Gasteiger partial charge in [-0.1, -0.05) is 23.2 Å². The Morgan fingerprint density at radius 1 is 1.19 bits per heavy atom. The van der Waals surface area contributed by atoms with E-state index >= 15 is 0 Å². The summed E-state index contributed by atoms with van der Waals surface area (Å²) in [6.07, 6.45) is 1.47. The van der Waals surface area contributed by atoms with Crippen molar-refractivity contribution in [1.29, 1.82) is 0 Å². The number of carbonyl (C=O) groups excluding carboxylic acids is 2. The van der Waals surface area contributed by atoms with Crippen LogP contribution < -0.4 is 5.32 Å². The molecule has 1 aromatic heterocycles. The highest BCUT2D eigenvalue weighted by Crippen LogP contribution is 2.23. The van der Waals surface area contributed by atoms with E-state index < -0.39 is 11.9 Å². The molecule has 0 aliphatic heterocycles. The van der Waals surface area contributed by atoms with Crippen molar-refractivity contribution in [2.75, 3.05) is 12.4 Å². The Bertz CT molecular complexity index is 704. The van der Waals surface area contributed by atoms with Crippen LogP contribution in [-0.4, -0.2) is 24.0 Å². The highest BCUT2D eigenvalue weighted by Gasteiger charge is 2.17. The predicted octanol–water partition coefficient (Wildman–Crippen LogP) is 3.43. The maximum Gasteiger partial charge on any atom is 0.339 e. The molecule has 7 heteroatoms. The average Bonchev–Trinajstić information content (AvgIpc) is 2.47. The molecular formula is C14H10Cl2N2O3. The van der Waals surface area contributed by atoms with Gasteiger partial charge in [-0.25, -0.2) is 9.78 Å². The number of rotatable bonds is 3. The molecule has 1 heterocycles. The number of anilines is 1. The molecule has 0 radical (unpaired) electrons. The van der Waals surface area contributed by atoms with Gasteiger partial charge in [-0.15, -0.1) is 0 Å². The van der Waals surface area contributed by atoms with Crippen LogP contribution >= 0.6 is 23.2 Å². The van der Waals surface area contributed by atoms with Crippen molar-refractivity contribution in [2.45, 2.75) is 0 Å². The number of methoxy groups -OCH3 is 1. The summed E-state index contributed by atoms with van der Waals surface area (Å²) in [6.45, 7) is 0. The summed E-state index contributed by atoms with van der Waals surface area (Å²) < 4.78 is 4.66. The van der Waals surface area contributed by atoms with Crippen molar-refractivity contribution < 1.29 is 14.3 Å². The molecule has 0 spiro atoms. The lowest BCUT2D eigenvalue weighted by molar-refractivity contribution is 0.0602. The first-order chi connectivity index (χ1) is 10.0. The van der Waals surface area contributed by atoms with Gasteiger partial charge >= 0.3 is 5.97 Å². The van der Waals surface area contributed by atoms with Crippen LogP contribution in [0.3, 0.4) is 0 Å². The summed E-state index contributed by atoms with van der Waals surface area (Å²) in [6, 6.07) is 7.55. The Kier molecular flexibility index (Phi) is 4.77. The molecule has 2 aromatic rings. The monoisotopic (exact) mass is 324 g/mol. The fourth-order valence-electron chi connectivity index (χ4n) is 1.65. The Hall–Kier alpha value is -2.11. The van der Waals surface area contributed by atoms with Crippen molar-refractivity contribution in [1.82, 2.24) is 4.98 Å². The lowest BCUT2D eigenvalue weighted by Gasteiger charge is -2.10. The largest absolute Gasteiger partial charge is 0.465 e. The molecule has 21 heavy (non-hydrogen) atoms. The van der Waals surface area contributed by atoms with Crippen LogP contribution in [0.1, 0.15) is 20.7 Å². The summed E-state index contributed by atoms with van der Waals surface area (Å²) in [4.78, 5) is 27.7. The molecule has 1 amide bonds. The zero-order valence-electron chi connectivity index (χ0n) is 10.9. The van der Waals surface area contributed by atoms with Gasteiger partial charge < -0.3 is 10.1 Å². The summed E-state index contributed by atoms with van der Waals surface area (Å²) in [5, 5.41) is 3.01. The number of pyridine rings is 1. The number of aromatic nitrogens is 1. The van der Waals surface area contributed by atoms with Crippen molar-refractivity contribution in [3.05, 3.63) is 57.8 Å². The second-order valence-corrected chi connectivity index (χ2v) is 4.77. The second kappa shape index (κ2) is 6.56. The SMILES string of the molecule is COC(=O)c1ccc(Cl)cc1NC(=O)c1cccnc1Cl. The lowest BCUT2D eigenvalue weighted by atomic mass is 10.1. The fraction of sp³-hybridized carbons (Fsp3) is 0.0714. The van der Waals surface area contributed by atoms with E-state index in [9.17, 15) is 9.59 Å². The van der Waals surface area contributed by atoms with Crippen LogP contribution in [0.5, 0.6) is 0 Å². The maximum absolute atomic E-state index is 12.2. The standard InChI is InChI=1S/C14H10Cl2N2O3/c1-21-14(20)9-5-4-8(15)7-11(9)18-13(19)10-3-2-6-17-12(10)16/h2-7H,1H3,(H,18,19). The third-order valence-electron chi connectivity index (χ3n) is 2.64. The van der Waals surface area contributed by atoms with Gasteiger partial charge in [-0.3, -0.25) is 4.79 Å². The number of halogens is 2. The molecule has 0 bridgehead atoms. The molecule has 0 saturated heterocycles. The molecule has 0 fully saturated rings. The third kappa shape index (κ3) is 3.51. The fourth-order valence-corrected chi connectivity index (χ4v) is 2.03. The first-order valence-corrected chi connectivity index (χ1v) is 6.58. The van der Waals surface area contributed by atoms with Crippen LogP contribution in [0.2, 0.25) is 10.2 Å². The highest BCUT2D eigenvalue weighted by molar-refractivity contribution is 6.33. The molecule has 0 saturated carbocycles. The molecule has 0 aliphatic carbocycles. The summed E-state index contributed by atoms with van der Waals surface area (Å²) in [5.74, 6) is -1.08. The number of ether oxygens (including phenoxy) is 1. The number of hydrogen-bond donors (Lipinski definition) is 1. The average molecular weight is 325 g/mol. The lowest BCUT2D eigenvalue weighted by Crippen LogP contribution is -2.16. The number of nitrogens with zero attached hydrogens (tertiary/aromatic N) is 1. The van der Waals surface area contributed by atoms with E-state index in [0.29, 0.717) is 5.02 Å². The van der Waals surface area contributed by atoms with E-state index in [1.165, 1.54) is 37.6 Å². The Morgan fingerprint density at radius 2 is 1.95 bits per heavy atom. The van der Waals surface area contributed by atoms with Gasteiger partial charge in [-0.2, -0.15) is 0 Å². The minimum atomic E-state index is -0.584. The number of esters is 1. The molecule has 5 nitrogen and oxygen atoms in total. The van der Waals surface area contributed by atoms with Gasteiger partial charge in [0.05, 0.1) is 23.9 Å². The van der Waals surface area contributed by atoms with Gasteiger partial charge in [0.2, 0.25) is 0 Å². The first-order valence-electron chi connectivity index (χ1n) is 5.82. The molecule has 2 rings (SSSR count). The molecule has 0 unspecified atom stereocenters. The van der Waals surface area contributed by atoms with Crippen LogP contribution in [0, 0.1) is 0 Å². The van der Waals surface area contributed by atoms with Gasteiger partial charge in [0.15, 0.2) is 0 Å². The van der Waals surface area contributed by atoms with Crippen molar-refractivity contribution in [3.8, 4) is 0 Å². The first kappa shape index (κ1) is 15.3. The Balaban J connectivity index is 2.35. The maximum atomic E-state index is 12.2. The van der Waals surface area contributed by atoms with Crippen molar-refractivity contribution in [2.24, 2.45) is 0 Å². The topological polar surface area (TPSA) is 68.3 Å². The van der Waals surface area contributed by atoms with Gasteiger partial charge in [0, 0.05) is 11.2 Å². The zero-order chi connectivity index (χ0) is 15.4. The van der Waals surface area contributed by atoms with Gasteiger partial charge in [0.25, 0.3) is 5.91 Å². The minimum absolute atomic E-state index is 0.0663. The molecule has 1 N–H and O–H groups in total. The van der Waals surface area contributed by atoms with Crippen LogP contribution in [0.25, 0.3) is 0 Å². The minimum Gasteiger partial charge on any atom is -0.465 e. The Labute approximate surface area is 130 Å². The van der Waals surface area contributed by atoms with E-state index in [-0.39, 0.29) is 22.0 Å². The van der Waals surface area contributed by atoms with Crippen molar-refractivity contribution in [3.63, 3.8) is 0 Å². The number of hydrogen-bond acceptors (Lipinski definition) is 4. The molecule has 108 valence electrons. The molecule has 1 aromatic carbocycles. The molecular weight excluding hydrogens is 315 g/mol. The summed E-state index contributed by atoms with van der Waals surface area (Å²) in [7, 11) is 1.25. The quantitative estimate of drug-likeness (QED) is 0.693. The third-order valence-corrected chi connectivity index (χ3v) is 3.18. The molecule has 0 atom stereocenters. The van der Waals surface area contributed by atoms with Crippen LogP contribution in [0.4, 0.5) is 5.69 Å². The summed E-state index contributed by atoms with van der Waals surface area (Å²) in [5.41, 5.74) is 0.615. The van der Waals surface area contributed by atoms with E-state index in [2.05, 4.69) is 15.0 Å². The van der Waals surface area contributed by atoms with Crippen molar-refractivity contribution >= 4 is 40.8 Å². The number of benzene rings is 1. The smallest absolute Gasteiger partial charge is 0.339 e. The number of nitrogens with one attached hydrogen (secondary N) is 1. The number of amides is 1.